The summed E-state index contributed by atoms with van der Waals surface area (Å²) >= 11 is 0. The molecule has 1 atom stereocenters. The molecule has 3 rings (SSSR count). The number of carbonyl (C=O) groups excluding carboxylic acids is 1. The van der Waals surface area contributed by atoms with Gasteiger partial charge < -0.3 is 24.3 Å². The van der Waals surface area contributed by atoms with Gasteiger partial charge in [0, 0.05) is 12.6 Å². The highest BCUT2D eigenvalue weighted by Gasteiger charge is 2.18. The Hall–Kier alpha value is -3.40. The quantitative estimate of drug-likeness (QED) is 0.808. The molecule has 7 nitrogen and oxygen atoms in total. The number of nitrogens with one attached hydrogen (secondary N) is 1. The minimum absolute atomic E-state index is 0.211. The summed E-state index contributed by atoms with van der Waals surface area (Å²) in [6, 6.07) is 12.4. The van der Waals surface area contributed by atoms with Crippen LogP contribution in [0, 0.1) is 11.3 Å². The monoisotopic (exact) mass is 368 g/mol. The van der Waals surface area contributed by atoms with E-state index in [1.165, 1.54) is 0 Å². The van der Waals surface area contributed by atoms with Gasteiger partial charge in [0.05, 0.1) is 18.2 Å². The molecule has 1 amide bonds. The minimum atomic E-state index is -0.730. The average Bonchev–Trinajstić information content (AvgIpc) is 3.15. The maximum atomic E-state index is 12.4. The van der Waals surface area contributed by atoms with E-state index in [4.69, 9.17) is 24.2 Å². The summed E-state index contributed by atoms with van der Waals surface area (Å²) in [5.74, 6) is 1.96. The number of carbonyl (C=O) groups is 1. The standard InChI is InChI=1S/C20H20N2O5/c1-3-24-19-8-14(10-21)4-7-17(19)27-13(2)20(23)22-11-15-5-6-16-18(9-15)26-12-25-16/h4-9,13H,3,11-12H2,1-2H3,(H,22,23)/t13-/m1/s1. The van der Waals surface area contributed by atoms with E-state index in [1.54, 1.807) is 25.1 Å². The summed E-state index contributed by atoms with van der Waals surface area (Å²) < 4.78 is 21.8. The van der Waals surface area contributed by atoms with Gasteiger partial charge in [-0.1, -0.05) is 6.07 Å². The number of hydrogen-bond acceptors (Lipinski definition) is 6. The van der Waals surface area contributed by atoms with Crippen molar-refractivity contribution in [3.63, 3.8) is 0 Å². The van der Waals surface area contributed by atoms with E-state index >= 15 is 0 Å². The van der Waals surface area contributed by atoms with Crippen molar-refractivity contribution < 1.29 is 23.7 Å². The fraction of sp³-hybridized carbons (Fsp3) is 0.300. The minimum Gasteiger partial charge on any atom is -0.490 e. The van der Waals surface area contributed by atoms with Crippen molar-refractivity contribution in [2.24, 2.45) is 0 Å². The normalized spacial score (nSPS) is 12.8. The molecule has 1 aliphatic rings. The Balaban J connectivity index is 1.60. The first-order chi connectivity index (χ1) is 13.1. The molecule has 0 radical (unpaired) electrons. The van der Waals surface area contributed by atoms with E-state index in [0.29, 0.717) is 41.7 Å². The molecule has 1 aliphatic heterocycles. The van der Waals surface area contributed by atoms with Gasteiger partial charge in [-0.3, -0.25) is 4.79 Å². The molecule has 0 aliphatic carbocycles. The second-order valence-corrected chi connectivity index (χ2v) is 5.87. The molecule has 0 saturated carbocycles. The Morgan fingerprint density at radius 1 is 1.22 bits per heavy atom. The molecule has 1 N–H and O–H groups in total. The van der Waals surface area contributed by atoms with Crippen LogP contribution in [0.2, 0.25) is 0 Å². The number of hydrogen-bond donors (Lipinski definition) is 1. The first kappa shape index (κ1) is 18.4. The number of rotatable bonds is 7. The first-order valence-corrected chi connectivity index (χ1v) is 8.60. The summed E-state index contributed by atoms with van der Waals surface area (Å²) in [5.41, 5.74) is 1.36. The van der Waals surface area contributed by atoms with Crippen molar-refractivity contribution in [1.29, 1.82) is 5.26 Å². The zero-order valence-electron chi connectivity index (χ0n) is 15.2. The van der Waals surface area contributed by atoms with Gasteiger partial charge in [-0.25, -0.2) is 0 Å². The van der Waals surface area contributed by atoms with Crippen LogP contribution in [0.15, 0.2) is 36.4 Å². The van der Waals surface area contributed by atoms with Crippen LogP contribution in [-0.4, -0.2) is 25.4 Å². The predicted molar refractivity (Wildman–Crippen MR) is 96.8 cm³/mol. The Morgan fingerprint density at radius 3 is 2.81 bits per heavy atom. The lowest BCUT2D eigenvalue weighted by Crippen LogP contribution is -2.36. The van der Waals surface area contributed by atoms with Crippen molar-refractivity contribution in [3.8, 4) is 29.1 Å². The first-order valence-electron chi connectivity index (χ1n) is 8.60. The van der Waals surface area contributed by atoms with E-state index in [2.05, 4.69) is 11.4 Å². The molecule has 2 aromatic rings. The predicted octanol–water partition coefficient (Wildman–Crippen LogP) is 2.77. The number of nitrogens with zero attached hydrogens (tertiary/aromatic N) is 1. The lowest BCUT2D eigenvalue weighted by Gasteiger charge is -2.17. The Labute approximate surface area is 157 Å². The van der Waals surface area contributed by atoms with Gasteiger partial charge in [0.1, 0.15) is 0 Å². The molecule has 0 unspecified atom stereocenters. The van der Waals surface area contributed by atoms with Crippen molar-refractivity contribution in [3.05, 3.63) is 47.5 Å². The lowest BCUT2D eigenvalue weighted by atomic mass is 10.2. The topological polar surface area (TPSA) is 89.8 Å². The highest BCUT2D eigenvalue weighted by molar-refractivity contribution is 5.80. The molecule has 0 bridgehead atoms. The Kier molecular flexibility index (Phi) is 5.67. The highest BCUT2D eigenvalue weighted by atomic mass is 16.7. The molecular weight excluding hydrogens is 348 g/mol. The van der Waals surface area contributed by atoms with Crippen LogP contribution in [-0.2, 0) is 11.3 Å². The summed E-state index contributed by atoms with van der Waals surface area (Å²) in [4.78, 5) is 12.4. The average molecular weight is 368 g/mol. The number of nitriles is 1. The molecular formula is C20H20N2O5. The number of fused-ring (bicyclic) bond motifs is 1. The van der Waals surface area contributed by atoms with Crippen molar-refractivity contribution in [2.75, 3.05) is 13.4 Å². The van der Waals surface area contributed by atoms with Crippen LogP contribution in [0.1, 0.15) is 25.0 Å². The third-order valence-corrected chi connectivity index (χ3v) is 3.95. The smallest absolute Gasteiger partial charge is 0.261 e. The summed E-state index contributed by atoms with van der Waals surface area (Å²) in [5, 5.41) is 11.8. The van der Waals surface area contributed by atoms with Crippen LogP contribution < -0.4 is 24.3 Å². The number of ether oxygens (including phenoxy) is 4. The fourth-order valence-electron chi connectivity index (χ4n) is 2.57. The van der Waals surface area contributed by atoms with E-state index in [0.717, 1.165) is 5.56 Å². The van der Waals surface area contributed by atoms with Crippen LogP contribution in [0.3, 0.4) is 0 Å². The van der Waals surface area contributed by atoms with Gasteiger partial charge in [0.2, 0.25) is 6.79 Å². The zero-order valence-corrected chi connectivity index (χ0v) is 15.2. The van der Waals surface area contributed by atoms with Gasteiger partial charge in [0.15, 0.2) is 29.1 Å². The van der Waals surface area contributed by atoms with Crippen molar-refractivity contribution in [2.45, 2.75) is 26.5 Å². The third kappa shape index (κ3) is 4.42. The van der Waals surface area contributed by atoms with E-state index < -0.39 is 6.10 Å². The zero-order chi connectivity index (χ0) is 19.2. The van der Waals surface area contributed by atoms with Gasteiger partial charge in [-0.2, -0.15) is 5.26 Å². The maximum Gasteiger partial charge on any atom is 0.261 e. The molecule has 0 fully saturated rings. The molecule has 0 saturated heterocycles. The van der Waals surface area contributed by atoms with Crippen LogP contribution in [0.4, 0.5) is 0 Å². The summed E-state index contributed by atoms with van der Waals surface area (Å²) in [6.45, 7) is 4.47. The molecule has 7 heteroatoms. The second kappa shape index (κ2) is 8.32. The van der Waals surface area contributed by atoms with Crippen molar-refractivity contribution in [1.82, 2.24) is 5.32 Å². The van der Waals surface area contributed by atoms with Crippen LogP contribution in [0.25, 0.3) is 0 Å². The van der Waals surface area contributed by atoms with Gasteiger partial charge in [0.25, 0.3) is 5.91 Å². The Morgan fingerprint density at radius 2 is 2.04 bits per heavy atom. The summed E-state index contributed by atoms with van der Waals surface area (Å²) in [6.07, 6.45) is -0.730. The number of benzene rings is 2. The molecule has 2 aromatic carbocycles. The fourth-order valence-corrected chi connectivity index (χ4v) is 2.57. The van der Waals surface area contributed by atoms with E-state index in [-0.39, 0.29) is 12.7 Å². The SMILES string of the molecule is CCOc1cc(C#N)ccc1O[C@H](C)C(=O)NCc1ccc2c(c1)OCO2. The number of amides is 1. The molecule has 27 heavy (non-hydrogen) atoms. The van der Waals surface area contributed by atoms with E-state index in [9.17, 15) is 4.79 Å². The third-order valence-electron chi connectivity index (χ3n) is 3.95. The van der Waals surface area contributed by atoms with Crippen LogP contribution >= 0.6 is 0 Å². The highest BCUT2D eigenvalue weighted by Crippen LogP contribution is 2.32. The second-order valence-electron chi connectivity index (χ2n) is 5.87. The van der Waals surface area contributed by atoms with Crippen molar-refractivity contribution >= 4 is 5.91 Å². The van der Waals surface area contributed by atoms with Gasteiger partial charge in [-0.05, 0) is 43.7 Å². The molecule has 0 aromatic heterocycles. The Bertz CT molecular complexity index is 875. The molecule has 140 valence electrons. The van der Waals surface area contributed by atoms with E-state index in [1.807, 2.05) is 25.1 Å². The van der Waals surface area contributed by atoms with Crippen LogP contribution in [0.5, 0.6) is 23.0 Å². The summed E-state index contributed by atoms with van der Waals surface area (Å²) in [7, 11) is 0. The molecule has 1 heterocycles. The largest absolute Gasteiger partial charge is 0.490 e. The van der Waals surface area contributed by atoms with Gasteiger partial charge >= 0.3 is 0 Å². The lowest BCUT2D eigenvalue weighted by molar-refractivity contribution is -0.127. The molecule has 0 spiro atoms. The van der Waals surface area contributed by atoms with Gasteiger partial charge in [-0.15, -0.1) is 0 Å². The maximum absolute atomic E-state index is 12.4.